The maximum Gasteiger partial charge on any atom is 0.155 e. The van der Waals surface area contributed by atoms with E-state index in [1.165, 1.54) is 0 Å². The van der Waals surface area contributed by atoms with Crippen molar-refractivity contribution >= 4 is 23.4 Å². The standard InChI is InChI=1S/C13H10N4/c1-14-13-11(8-16-17-13)10-6-9-4-2-3-5-12(9)15-7-10/h2-8H,1H2,(H,16,17). The molecule has 0 saturated carbocycles. The number of para-hydroxylation sites is 1. The molecule has 0 spiro atoms. The van der Waals surface area contributed by atoms with Crippen LogP contribution in [0.4, 0.5) is 5.82 Å². The molecular weight excluding hydrogens is 212 g/mol. The highest BCUT2D eigenvalue weighted by Gasteiger charge is 2.07. The van der Waals surface area contributed by atoms with Crippen LogP contribution in [0.2, 0.25) is 0 Å². The van der Waals surface area contributed by atoms with Gasteiger partial charge in [0.25, 0.3) is 0 Å². The van der Waals surface area contributed by atoms with Gasteiger partial charge in [0, 0.05) is 22.7 Å². The molecule has 4 nitrogen and oxygen atoms in total. The Balaban J connectivity index is 2.21. The smallest absolute Gasteiger partial charge is 0.155 e. The van der Waals surface area contributed by atoms with Crippen LogP contribution >= 0.6 is 0 Å². The summed E-state index contributed by atoms with van der Waals surface area (Å²) in [4.78, 5) is 8.30. The van der Waals surface area contributed by atoms with Gasteiger partial charge in [-0.1, -0.05) is 18.2 Å². The molecule has 3 rings (SSSR count). The predicted octanol–water partition coefficient (Wildman–Crippen LogP) is 2.96. The van der Waals surface area contributed by atoms with Gasteiger partial charge in [-0.2, -0.15) is 5.10 Å². The average molecular weight is 222 g/mol. The van der Waals surface area contributed by atoms with Crippen LogP contribution in [0.15, 0.2) is 47.7 Å². The molecule has 3 aromatic rings. The Labute approximate surface area is 98.0 Å². The first-order chi connectivity index (χ1) is 8.38. The molecule has 0 aliphatic rings. The third kappa shape index (κ3) is 1.59. The molecule has 0 bridgehead atoms. The van der Waals surface area contributed by atoms with Crippen LogP contribution < -0.4 is 0 Å². The van der Waals surface area contributed by atoms with Gasteiger partial charge in [0.2, 0.25) is 0 Å². The molecule has 0 aliphatic heterocycles. The van der Waals surface area contributed by atoms with E-state index in [-0.39, 0.29) is 0 Å². The highest BCUT2D eigenvalue weighted by atomic mass is 15.2. The zero-order valence-corrected chi connectivity index (χ0v) is 9.09. The van der Waals surface area contributed by atoms with E-state index in [0.29, 0.717) is 5.82 Å². The molecule has 2 heterocycles. The number of aromatic nitrogens is 3. The number of benzene rings is 1. The van der Waals surface area contributed by atoms with E-state index in [4.69, 9.17) is 0 Å². The summed E-state index contributed by atoms with van der Waals surface area (Å²) >= 11 is 0. The minimum Gasteiger partial charge on any atom is -0.261 e. The normalized spacial score (nSPS) is 10.6. The second kappa shape index (κ2) is 3.83. The maximum absolute atomic E-state index is 4.41. The molecule has 0 fully saturated rings. The van der Waals surface area contributed by atoms with E-state index < -0.39 is 0 Å². The molecule has 17 heavy (non-hydrogen) atoms. The van der Waals surface area contributed by atoms with E-state index in [1.807, 2.05) is 30.5 Å². The second-order valence-corrected chi connectivity index (χ2v) is 3.71. The number of pyridine rings is 1. The van der Waals surface area contributed by atoms with Crippen molar-refractivity contribution in [2.45, 2.75) is 0 Å². The SMILES string of the molecule is C=Nc1[nH]ncc1-c1cnc2ccccc2c1. The number of hydrogen-bond acceptors (Lipinski definition) is 3. The van der Waals surface area contributed by atoms with Crippen molar-refractivity contribution in [2.24, 2.45) is 4.99 Å². The van der Waals surface area contributed by atoms with Crippen LogP contribution in [0.25, 0.3) is 22.0 Å². The molecule has 82 valence electrons. The number of aromatic amines is 1. The molecule has 4 heteroatoms. The number of rotatable bonds is 2. The van der Waals surface area contributed by atoms with Crippen LogP contribution in [0.3, 0.4) is 0 Å². The monoisotopic (exact) mass is 222 g/mol. The van der Waals surface area contributed by atoms with Gasteiger partial charge in [-0.3, -0.25) is 10.1 Å². The first-order valence-corrected chi connectivity index (χ1v) is 5.24. The summed E-state index contributed by atoms with van der Waals surface area (Å²) in [7, 11) is 0. The van der Waals surface area contributed by atoms with Gasteiger partial charge in [-0.15, -0.1) is 0 Å². The number of H-pyrrole nitrogens is 1. The van der Waals surface area contributed by atoms with E-state index >= 15 is 0 Å². The third-order valence-corrected chi connectivity index (χ3v) is 2.68. The van der Waals surface area contributed by atoms with Crippen molar-refractivity contribution in [1.82, 2.24) is 15.2 Å². The lowest BCUT2D eigenvalue weighted by Crippen LogP contribution is -1.81. The lowest BCUT2D eigenvalue weighted by atomic mass is 10.1. The van der Waals surface area contributed by atoms with E-state index in [9.17, 15) is 0 Å². The number of hydrogen-bond donors (Lipinski definition) is 1. The zero-order valence-electron chi connectivity index (χ0n) is 9.09. The predicted molar refractivity (Wildman–Crippen MR) is 68.5 cm³/mol. The first kappa shape index (κ1) is 9.72. The van der Waals surface area contributed by atoms with E-state index in [2.05, 4.69) is 33.0 Å². The van der Waals surface area contributed by atoms with Crippen molar-refractivity contribution in [1.29, 1.82) is 0 Å². The fourth-order valence-corrected chi connectivity index (χ4v) is 1.83. The second-order valence-electron chi connectivity index (χ2n) is 3.71. The van der Waals surface area contributed by atoms with Crippen LogP contribution in [0.1, 0.15) is 0 Å². The lowest BCUT2D eigenvalue weighted by molar-refractivity contribution is 1.08. The van der Waals surface area contributed by atoms with Gasteiger partial charge < -0.3 is 0 Å². The Morgan fingerprint density at radius 3 is 2.94 bits per heavy atom. The van der Waals surface area contributed by atoms with Gasteiger partial charge in [0.1, 0.15) is 0 Å². The van der Waals surface area contributed by atoms with Crippen molar-refractivity contribution in [3.8, 4) is 11.1 Å². The average Bonchev–Trinajstić information content (AvgIpc) is 2.86. The topological polar surface area (TPSA) is 53.9 Å². The fraction of sp³-hybridized carbons (Fsp3) is 0. The summed E-state index contributed by atoms with van der Waals surface area (Å²) in [5, 5.41) is 7.86. The molecular formula is C13H10N4. The molecule has 0 aliphatic carbocycles. The van der Waals surface area contributed by atoms with Gasteiger partial charge in [-0.25, -0.2) is 4.99 Å². The molecule has 0 atom stereocenters. The fourth-order valence-electron chi connectivity index (χ4n) is 1.83. The van der Waals surface area contributed by atoms with E-state index in [0.717, 1.165) is 22.0 Å². The minimum absolute atomic E-state index is 0.669. The summed E-state index contributed by atoms with van der Waals surface area (Å²) in [6.45, 7) is 3.51. The summed E-state index contributed by atoms with van der Waals surface area (Å²) in [5.41, 5.74) is 2.88. The number of fused-ring (bicyclic) bond motifs is 1. The van der Waals surface area contributed by atoms with Crippen molar-refractivity contribution < 1.29 is 0 Å². The van der Waals surface area contributed by atoms with Crippen molar-refractivity contribution in [2.75, 3.05) is 0 Å². The minimum atomic E-state index is 0.669. The zero-order chi connectivity index (χ0) is 11.7. The number of nitrogens with zero attached hydrogens (tertiary/aromatic N) is 3. The molecule has 0 saturated heterocycles. The highest BCUT2D eigenvalue weighted by Crippen LogP contribution is 2.28. The van der Waals surface area contributed by atoms with Crippen LogP contribution in [-0.4, -0.2) is 21.9 Å². The Morgan fingerprint density at radius 2 is 2.06 bits per heavy atom. The van der Waals surface area contributed by atoms with Gasteiger partial charge in [0.05, 0.1) is 11.7 Å². The third-order valence-electron chi connectivity index (χ3n) is 2.68. The molecule has 0 unspecified atom stereocenters. The Kier molecular flexibility index (Phi) is 2.19. The Morgan fingerprint density at radius 1 is 1.18 bits per heavy atom. The summed E-state index contributed by atoms with van der Waals surface area (Å²) in [5.74, 6) is 0.669. The lowest BCUT2D eigenvalue weighted by Gasteiger charge is -2.01. The van der Waals surface area contributed by atoms with Gasteiger partial charge >= 0.3 is 0 Å². The summed E-state index contributed by atoms with van der Waals surface area (Å²) < 4.78 is 0. The van der Waals surface area contributed by atoms with Crippen molar-refractivity contribution in [3.63, 3.8) is 0 Å². The van der Waals surface area contributed by atoms with Crippen LogP contribution in [0.5, 0.6) is 0 Å². The quantitative estimate of drug-likeness (QED) is 0.678. The number of aliphatic imine (C=N–C) groups is 1. The van der Waals surface area contributed by atoms with Gasteiger partial charge in [0.15, 0.2) is 5.82 Å². The van der Waals surface area contributed by atoms with Crippen LogP contribution in [-0.2, 0) is 0 Å². The van der Waals surface area contributed by atoms with Gasteiger partial charge in [-0.05, 0) is 18.9 Å². The highest BCUT2D eigenvalue weighted by molar-refractivity contribution is 5.85. The molecule has 0 amide bonds. The largest absolute Gasteiger partial charge is 0.261 e. The van der Waals surface area contributed by atoms with Crippen molar-refractivity contribution in [3.05, 3.63) is 42.7 Å². The molecule has 1 N–H and O–H groups in total. The Bertz CT molecular complexity index is 684. The summed E-state index contributed by atoms with van der Waals surface area (Å²) in [6.07, 6.45) is 3.55. The Hall–Kier alpha value is -2.49. The number of nitrogens with one attached hydrogen (secondary N) is 1. The van der Waals surface area contributed by atoms with Crippen LogP contribution in [0, 0.1) is 0 Å². The molecule has 2 aromatic heterocycles. The maximum atomic E-state index is 4.41. The molecule has 0 radical (unpaired) electrons. The summed E-state index contributed by atoms with van der Waals surface area (Å²) in [6, 6.07) is 10.1. The first-order valence-electron chi connectivity index (χ1n) is 5.24. The van der Waals surface area contributed by atoms with E-state index in [1.54, 1.807) is 6.20 Å². The molecule has 1 aromatic carbocycles.